The van der Waals surface area contributed by atoms with E-state index in [1.54, 1.807) is 13.8 Å². The Morgan fingerprint density at radius 3 is 2.07 bits per heavy atom. The summed E-state index contributed by atoms with van der Waals surface area (Å²) in [5.74, 6) is -2.14. The van der Waals surface area contributed by atoms with E-state index in [0.29, 0.717) is 0 Å². The number of hydrogen-bond donors (Lipinski definition) is 1. The average molecular weight is 442 g/mol. The van der Waals surface area contributed by atoms with E-state index in [9.17, 15) is 14.4 Å². The van der Waals surface area contributed by atoms with Crippen molar-refractivity contribution in [3.8, 4) is 0 Å². The van der Waals surface area contributed by atoms with Crippen LogP contribution in [0.1, 0.15) is 44.4 Å². The van der Waals surface area contributed by atoms with Gasteiger partial charge in [0.15, 0.2) is 0 Å². The number of carbonyl (C=O) groups is 3. The molecule has 0 bridgehead atoms. The minimum Gasteiger partial charge on any atom is -0.464 e. The first kappa shape index (κ1) is 23.1. The van der Waals surface area contributed by atoms with Crippen LogP contribution in [0.4, 0.5) is 0 Å². The van der Waals surface area contributed by atoms with Crippen LogP contribution in [0.15, 0.2) is 18.2 Å². The largest absolute Gasteiger partial charge is 0.464 e. The standard InChI is InChI=1S/C20H28BrNO5/c1-5-15-8-9-16(10-11-21)17(12-15)13-20(22-14(4)23,18(24)26-6-2)19(25)27-7-3/h8-9,12H,5-7,10-11,13H2,1-4H3,(H,22,23). The third kappa shape index (κ3) is 6.06. The quantitative estimate of drug-likeness (QED) is 0.342. The molecule has 6 nitrogen and oxygen atoms in total. The van der Waals surface area contributed by atoms with Gasteiger partial charge in [-0.15, -0.1) is 0 Å². The number of carbonyl (C=O) groups excluding carboxylic acids is 3. The molecule has 0 spiro atoms. The van der Waals surface area contributed by atoms with Crippen LogP contribution in [-0.4, -0.2) is 41.9 Å². The van der Waals surface area contributed by atoms with Crippen LogP contribution in [0.25, 0.3) is 0 Å². The van der Waals surface area contributed by atoms with Crippen LogP contribution >= 0.6 is 15.9 Å². The van der Waals surface area contributed by atoms with Crippen molar-refractivity contribution in [2.45, 2.75) is 52.5 Å². The summed E-state index contributed by atoms with van der Waals surface area (Å²) in [5, 5.41) is 3.25. The van der Waals surface area contributed by atoms with E-state index in [2.05, 4.69) is 21.2 Å². The number of ether oxygens (including phenoxy) is 2. The third-order valence-corrected chi connectivity index (χ3v) is 4.53. The van der Waals surface area contributed by atoms with Crippen LogP contribution in [0.2, 0.25) is 0 Å². The van der Waals surface area contributed by atoms with Gasteiger partial charge in [-0.3, -0.25) is 4.79 Å². The molecule has 1 amide bonds. The zero-order chi connectivity index (χ0) is 20.4. The summed E-state index contributed by atoms with van der Waals surface area (Å²) < 4.78 is 10.3. The Morgan fingerprint density at radius 2 is 1.63 bits per heavy atom. The summed E-state index contributed by atoms with van der Waals surface area (Å²) in [5.41, 5.74) is 0.967. The fourth-order valence-electron chi connectivity index (χ4n) is 2.88. The molecule has 0 unspecified atom stereocenters. The van der Waals surface area contributed by atoms with Crippen LogP contribution in [0.5, 0.6) is 0 Å². The van der Waals surface area contributed by atoms with Crippen LogP contribution in [-0.2, 0) is 43.1 Å². The second-order valence-electron chi connectivity index (χ2n) is 6.10. The minimum absolute atomic E-state index is 0.0274. The SMILES string of the molecule is CCOC(=O)C(Cc1cc(CC)ccc1CCBr)(NC(C)=O)C(=O)OCC. The van der Waals surface area contributed by atoms with E-state index in [-0.39, 0.29) is 19.6 Å². The van der Waals surface area contributed by atoms with E-state index >= 15 is 0 Å². The summed E-state index contributed by atoms with van der Waals surface area (Å²) in [6.45, 7) is 6.76. The molecule has 1 aromatic rings. The lowest BCUT2D eigenvalue weighted by molar-refractivity contribution is -0.168. The van der Waals surface area contributed by atoms with Gasteiger partial charge in [0.1, 0.15) is 0 Å². The van der Waals surface area contributed by atoms with Crippen molar-refractivity contribution < 1.29 is 23.9 Å². The monoisotopic (exact) mass is 441 g/mol. The highest BCUT2D eigenvalue weighted by atomic mass is 79.9. The molecule has 27 heavy (non-hydrogen) atoms. The number of aryl methyl sites for hydroxylation is 2. The zero-order valence-electron chi connectivity index (χ0n) is 16.4. The second-order valence-corrected chi connectivity index (χ2v) is 6.89. The topological polar surface area (TPSA) is 81.7 Å². The molecule has 0 aliphatic carbocycles. The number of halogens is 1. The molecule has 0 saturated carbocycles. The number of alkyl halides is 1. The molecule has 0 heterocycles. The van der Waals surface area contributed by atoms with Gasteiger partial charge in [0.25, 0.3) is 0 Å². The van der Waals surface area contributed by atoms with Crippen molar-refractivity contribution in [2.75, 3.05) is 18.5 Å². The maximum atomic E-state index is 12.8. The molecule has 0 aromatic heterocycles. The number of nitrogens with one attached hydrogen (secondary N) is 1. The zero-order valence-corrected chi connectivity index (χ0v) is 18.0. The molecule has 150 valence electrons. The summed E-state index contributed by atoms with van der Waals surface area (Å²) in [6, 6.07) is 5.98. The van der Waals surface area contributed by atoms with E-state index in [1.807, 2.05) is 25.1 Å². The Morgan fingerprint density at radius 1 is 1.04 bits per heavy atom. The third-order valence-electron chi connectivity index (χ3n) is 4.14. The van der Waals surface area contributed by atoms with Crippen molar-refractivity contribution in [1.82, 2.24) is 5.32 Å². The lowest BCUT2D eigenvalue weighted by Gasteiger charge is -2.30. The Labute approximate surface area is 169 Å². The predicted molar refractivity (Wildman–Crippen MR) is 107 cm³/mol. The van der Waals surface area contributed by atoms with Crippen molar-refractivity contribution >= 4 is 33.8 Å². The molecule has 0 radical (unpaired) electrons. The smallest absolute Gasteiger partial charge is 0.344 e. The fraction of sp³-hybridized carbons (Fsp3) is 0.550. The molecule has 7 heteroatoms. The Kier molecular flexibility index (Phi) is 9.49. The number of esters is 2. The maximum absolute atomic E-state index is 12.8. The number of amides is 1. The number of rotatable bonds is 10. The minimum atomic E-state index is -1.91. The Bertz CT molecular complexity index is 656. The first-order chi connectivity index (χ1) is 12.8. The van der Waals surface area contributed by atoms with E-state index in [0.717, 1.165) is 34.9 Å². The van der Waals surface area contributed by atoms with Gasteiger partial charge in [-0.25, -0.2) is 9.59 Å². The molecule has 0 atom stereocenters. The summed E-state index contributed by atoms with van der Waals surface area (Å²) >= 11 is 3.43. The van der Waals surface area contributed by atoms with Gasteiger partial charge in [0.05, 0.1) is 13.2 Å². The fourth-order valence-corrected chi connectivity index (χ4v) is 3.31. The summed E-state index contributed by atoms with van der Waals surface area (Å²) in [6.07, 6.45) is 1.51. The van der Waals surface area contributed by atoms with Gasteiger partial charge in [-0.2, -0.15) is 0 Å². The first-order valence-corrected chi connectivity index (χ1v) is 10.3. The first-order valence-electron chi connectivity index (χ1n) is 9.14. The van der Waals surface area contributed by atoms with Crippen LogP contribution in [0.3, 0.4) is 0 Å². The normalized spacial score (nSPS) is 11.0. The van der Waals surface area contributed by atoms with Crippen LogP contribution in [0, 0.1) is 0 Å². The van der Waals surface area contributed by atoms with Gasteiger partial charge in [-0.05, 0) is 43.4 Å². The highest BCUT2D eigenvalue weighted by Crippen LogP contribution is 2.24. The molecule has 1 rings (SSSR count). The Hall–Kier alpha value is -1.89. The second kappa shape index (κ2) is 11.1. The maximum Gasteiger partial charge on any atom is 0.344 e. The summed E-state index contributed by atoms with van der Waals surface area (Å²) in [7, 11) is 0. The van der Waals surface area contributed by atoms with Crippen LogP contribution < -0.4 is 5.32 Å². The van der Waals surface area contributed by atoms with Gasteiger partial charge >= 0.3 is 11.9 Å². The average Bonchev–Trinajstić information content (AvgIpc) is 2.62. The molecule has 0 fully saturated rings. The molecular formula is C20H28BrNO5. The Balaban J connectivity index is 3.51. The molecule has 0 aliphatic rings. The molecule has 1 N–H and O–H groups in total. The molecular weight excluding hydrogens is 414 g/mol. The van der Waals surface area contributed by atoms with Gasteiger partial charge in [0.2, 0.25) is 11.4 Å². The van der Waals surface area contributed by atoms with E-state index in [1.165, 1.54) is 6.92 Å². The van der Waals surface area contributed by atoms with E-state index < -0.39 is 23.4 Å². The lowest BCUT2D eigenvalue weighted by atomic mass is 9.86. The van der Waals surface area contributed by atoms with Crippen molar-refractivity contribution in [2.24, 2.45) is 0 Å². The molecule has 0 saturated heterocycles. The van der Waals surface area contributed by atoms with Gasteiger partial charge in [0, 0.05) is 18.7 Å². The van der Waals surface area contributed by atoms with Gasteiger partial charge in [-0.1, -0.05) is 41.1 Å². The van der Waals surface area contributed by atoms with Crippen molar-refractivity contribution in [1.29, 1.82) is 0 Å². The highest BCUT2D eigenvalue weighted by molar-refractivity contribution is 9.09. The molecule has 0 aliphatic heterocycles. The van der Waals surface area contributed by atoms with Gasteiger partial charge < -0.3 is 14.8 Å². The highest BCUT2D eigenvalue weighted by Gasteiger charge is 2.50. The van der Waals surface area contributed by atoms with Crippen molar-refractivity contribution in [3.63, 3.8) is 0 Å². The molecule has 1 aromatic carbocycles. The number of hydrogen-bond acceptors (Lipinski definition) is 5. The predicted octanol–water partition coefficient (Wildman–Crippen LogP) is 2.73. The summed E-state index contributed by atoms with van der Waals surface area (Å²) in [4.78, 5) is 37.5. The van der Waals surface area contributed by atoms with Crippen molar-refractivity contribution in [3.05, 3.63) is 34.9 Å². The van der Waals surface area contributed by atoms with E-state index in [4.69, 9.17) is 9.47 Å². The lowest BCUT2D eigenvalue weighted by Crippen LogP contribution is -2.62. The number of benzene rings is 1.